The smallest absolute Gasteiger partial charge is 0.202 e. The molecule has 98 valence electrons. The second kappa shape index (κ2) is 4.55. The van der Waals surface area contributed by atoms with E-state index in [0.717, 1.165) is 17.9 Å². The molecule has 0 atom stereocenters. The molecule has 0 fully saturated rings. The number of imidazole rings is 1. The molecule has 0 unspecified atom stereocenters. The summed E-state index contributed by atoms with van der Waals surface area (Å²) in [6.07, 6.45) is 7.65. The van der Waals surface area contributed by atoms with Gasteiger partial charge in [0.2, 0.25) is 5.28 Å². The fourth-order valence-corrected chi connectivity index (χ4v) is 2.16. The molecule has 0 amide bonds. The van der Waals surface area contributed by atoms with Gasteiger partial charge in [0.25, 0.3) is 0 Å². The van der Waals surface area contributed by atoms with Crippen molar-refractivity contribution in [2.45, 2.75) is 0 Å². The predicted octanol–water partition coefficient (Wildman–Crippen LogP) is 1.79. The number of hydrogen-bond acceptors (Lipinski definition) is 5. The van der Waals surface area contributed by atoms with E-state index in [-0.39, 0.29) is 0 Å². The van der Waals surface area contributed by atoms with Crippen LogP contribution < -0.4 is 4.90 Å². The summed E-state index contributed by atoms with van der Waals surface area (Å²) in [6, 6.07) is 0. The number of anilines is 1. The highest BCUT2D eigenvalue weighted by Crippen LogP contribution is 2.24. The first-order valence-corrected chi connectivity index (χ1v) is 6.21. The Balaban J connectivity index is 1.97. The second-order valence-electron chi connectivity index (χ2n) is 4.42. The number of hydrogen-bond donors (Lipinski definition) is 1. The number of nitrogens with zero attached hydrogens (tertiary/aromatic N) is 5. The summed E-state index contributed by atoms with van der Waals surface area (Å²) in [6.45, 7) is 0.743. The van der Waals surface area contributed by atoms with Gasteiger partial charge in [0.1, 0.15) is 11.8 Å². The standard InChI is InChI=1S/C12H13ClN6/c1-18(2)8-3-5-19(6-4-8)11-9-10(14-7-15-11)17-12(13)16-9/h3-5,7H,6H2,1-2H3,(H,14,15,16,17). The number of H-pyrrole nitrogens is 1. The van der Waals surface area contributed by atoms with E-state index in [2.05, 4.69) is 30.9 Å². The van der Waals surface area contributed by atoms with E-state index in [1.165, 1.54) is 12.0 Å². The second-order valence-corrected chi connectivity index (χ2v) is 4.77. The van der Waals surface area contributed by atoms with E-state index in [9.17, 15) is 0 Å². The summed E-state index contributed by atoms with van der Waals surface area (Å²) in [4.78, 5) is 19.6. The number of halogens is 1. The number of aromatic amines is 1. The van der Waals surface area contributed by atoms with Gasteiger partial charge in [-0.1, -0.05) is 0 Å². The van der Waals surface area contributed by atoms with Crippen molar-refractivity contribution in [1.82, 2.24) is 24.8 Å². The molecule has 0 bridgehead atoms. The van der Waals surface area contributed by atoms with Crippen LogP contribution in [0.1, 0.15) is 0 Å². The van der Waals surface area contributed by atoms with Crippen LogP contribution in [-0.4, -0.2) is 45.5 Å². The summed E-state index contributed by atoms with van der Waals surface area (Å²) in [5.41, 5.74) is 2.49. The Kier molecular flexibility index (Phi) is 2.87. The van der Waals surface area contributed by atoms with Crippen molar-refractivity contribution in [2.24, 2.45) is 0 Å². The topological polar surface area (TPSA) is 60.9 Å². The van der Waals surface area contributed by atoms with Gasteiger partial charge in [0, 0.05) is 32.5 Å². The third-order valence-electron chi connectivity index (χ3n) is 2.95. The molecular weight excluding hydrogens is 264 g/mol. The maximum absolute atomic E-state index is 5.87. The van der Waals surface area contributed by atoms with Crippen LogP contribution in [0, 0.1) is 0 Å². The van der Waals surface area contributed by atoms with E-state index in [1.54, 1.807) is 0 Å². The number of aromatic nitrogens is 4. The zero-order valence-electron chi connectivity index (χ0n) is 10.6. The molecular formula is C12H13ClN6. The summed E-state index contributed by atoms with van der Waals surface area (Å²) >= 11 is 5.87. The Morgan fingerprint density at radius 1 is 1.37 bits per heavy atom. The molecule has 0 spiro atoms. The molecule has 6 nitrogen and oxygen atoms in total. The fraction of sp³-hybridized carbons (Fsp3) is 0.250. The van der Waals surface area contributed by atoms with Gasteiger partial charge < -0.3 is 14.8 Å². The highest BCUT2D eigenvalue weighted by molar-refractivity contribution is 6.29. The van der Waals surface area contributed by atoms with Gasteiger partial charge in [-0.05, 0) is 23.8 Å². The Bertz CT molecular complexity index is 672. The Labute approximate surface area is 115 Å². The van der Waals surface area contributed by atoms with Crippen molar-refractivity contribution >= 4 is 28.6 Å². The van der Waals surface area contributed by atoms with Crippen LogP contribution in [0.15, 0.2) is 30.4 Å². The molecule has 7 heteroatoms. The van der Waals surface area contributed by atoms with Crippen LogP contribution in [0.4, 0.5) is 5.82 Å². The van der Waals surface area contributed by atoms with Gasteiger partial charge in [0.15, 0.2) is 11.5 Å². The van der Waals surface area contributed by atoms with Gasteiger partial charge in [-0.3, -0.25) is 0 Å². The van der Waals surface area contributed by atoms with Crippen molar-refractivity contribution in [3.63, 3.8) is 0 Å². The number of rotatable bonds is 2. The lowest BCUT2D eigenvalue weighted by molar-refractivity contribution is 0.525. The molecule has 0 radical (unpaired) electrons. The fourth-order valence-electron chi connectivity index (χ4n) is 1.98. The van der Waals surface area contributed by atoms with E-state index in [1.807, 2.05) is 31.3 Å². The molecule has 2 aromatic heterocycles. The molecule has 1 aliphatic rings. The molecule has 0 aliphatic carbocycles. The zero-order valence-corrected chi connectivity index (χ0v) is 11.4. The molecule has 3 rings (SSSR count). The van der Waals surface area contributed by atoms with Crippen molar-refractivity contribution < 1.29 is 0 Å². The Morgan fingerprint density at radius 2 is 2.21 bits per heavy atom. The van der Waals surface area contributed by atoms with E-state index >= 15 is 0 Å². The number of allylic oxidation sites excluding steroid dienone is 1. The minimum Gasteiger partial charge on any atom is -0.378 e. The third-order valence-corrected chi connectivity index (χ3v) is 3.13. The van der Waals surface area contributed by atoms with Crippen LogP contribution in [0.25, 0.3) is 11.2 Å². The average Bonchev–Trinajstić information content (AvgIpc) is 2.78. The van der Waals surface area contributed by atoms with Crippen molar-refractivity contribution in [3.05, 3.63) is 35.7 Å². The highest BCUT2D eigenvalue weighted by Gasteiger charge is 2.15. The lowest BCUT2D eigenvalue weighted by Gasteiger charge is -2.24. The maximum Gasteiger partial charge on any atom is 0.202 e. The normalized spacial score (nSPS) is 14.9. The Hall–Kier alpha value is -2.08. The first-order chi connectivity index (χ1) is 9.15. The van der Waals surface area contributed by atoms with Crippen molar-refractivity contribution in [3.8, 4) is 0 Å². The van der Waals surface area contributed by atoms with E-state index in [4.69, 9.17) is 11.6 Å². The quantitative estimate of drug-likeness (QED) is 0.848. The number of fused-ring (bicyclic) bond motifs is 1. The molecule has 3 heterocycles. The molecule has 0 saturated heterocycles. The summed E-state index contributed by atoms with van der Waals surface area (Å²) in [7, 11) is 4.03. The van der Waals surface area contributed by atoms with E-state index in [0.29, 0.717) is 10.9 Å². The van der Waals surface area contributed by atoms with Crippen LogP contribution in [0.2, 0.25) is 5.28 Å². The average molecular weight is 277 g/mol. The van der Waals surface area contributed by atoms with Crippen LogP contribution in [0.3, 0.4) is 0 Å². The van der Waals surface area contributed by atoms with Crippen molar-refractivity contribution in [1.29, 1.82) is 0 Å². The van der Waals surface area contributed by atoms with E-state index < -0.39 is 0 Å². The first-order valence-electron chi connectivity index (χ1n) is 5.83. The number of nitrogens with one attached hydrogen (secondary N) is 1. The molecule has 1 N–H and O–H groups in total. The Morgan fingerprint density at radius 3 is 2.89 bits per heavy atom. The summed E-state index contributed by atoms with van der Waals surface area (Å²) in [5, 5.41) is 0.322. The van der Waals surface area contributed by atoms with Crippen LogP contribution >= 0.6 is 11.6 Å². The third kappa shape index (κ3) is 2.15. The molecule has 2 aromatic rings. The summed E-state index contributed by atoms with van der Waals surface area (Å²) < 4.78 is 0. The lowest BCUT2D eigenvalue weighted by atomic mass is 10.2. The van der Waals surface area contributed by atoms with Gasteiger partial charge in [0.05, 0.1) is 0 Å². The first kappa shape index (κ1) is 12.0. The van der Waals surface area contributed by atoms with Crippen molar-refractivity contribution in [2.75, 3.05) is 25.5 Å². The predicted molar refractivity (Wildman–Crippen MR) is 74.9 cm³/mol. The SMILES string of the molecule is CN(C)C1=CCN(c2ncnc3nc(Cl)[nH]c23)C=C1. The maximum atomic E-state index is 5.87. The van der Waals surface area contributed by atoms with Crippen LogP contribution in [-0.2, 0) is 0 Å². The zero-order chi connectivity index (χ0) is 13.4. The molecule has 1 aliphatic heterocycles. The van der Waals surface area contributed by atoms with Gasteiger partial charge in [-0.25, -0.2) is 9.97 Å². The molecule has 19 heavy (non-hydrogen) atoms. The molecule has 0 aromatic carbocycles. The number of likely N-dealkylation sites (N-methyl/N-ethyl adjacent to an activating group) is 1. The van der Waals surface area contributed by atoms with Crippen LogP contribution in [0.5, 0.6) is 0 Å². The van der Waals surface area contributed by atoms with Gasteiger partial charge in [-0.15, -0.1) is 0 Å². The monoisotopic (exact) mass is 276 g/mol. The minimum atomic E-state index is 0.322. The van der Waals surface area contributed by atoms with Gasteiger partial charge >= 0.3 is 0 Å². The molecule has 0 saturated carbocycles. The largest absolute Gasteiger partial charge is 0.378 e. The van der Waals surface area contributed by atoms with Gasteiger partial charge in [-0.2, -0.15) is 4.98 Å². The highest BCUT2D eigenvalue weighted by atomic mass is 35.5. The summed E-state index contributed by atoms with van der Waals surface area (Å²) in [5.74, 6) is 0.773. The minimum absolute atomic E-state index is 0.322. The lowest BCUT2D eigenvalue weighted by Crippen LogP contribution is -2.23.